The van der Waals surface area contributed by atoms with E-state index in [-0.39, 0.29) is 11.6 Å². The van der Waals surface area contributed by atoms with Gasteiger partial charge in [0.05, 0.1) is 11.6 Å². The molecule has 40 heavy (non-hydrogen) atoms. The minimum absolute atomic E-state index is 0.255. The zero-order valence-electron chi connectivity index (χ0n) is 23.6. The van der Waals surface area contributed by atoms with Gasteiger partial charge in [-0.2, -0.15) is 0 Å². The highest BCUT2D eigenvalue weighted by Gasteiger charge is 2.33. The van der Waals surface area contributed by atoms with Crippen molar-refractivity contribution in [1.82, 2.24) is 0 Å². The molecule has 0 saturated heterocycles. The second-order valence-electron chi connectivity index (χ2n) is 9.87. The monoisotopic (exact) mass is 535 g/mol. The summed E-state index contributed by atoms with van der Waals surface area (Å²) in [6.07, 6.45) is 0. The minimum Gasteiger partial charge on any atom is -0.478 e. The van der Waals surface area contributed by atoms with Gasteiger partial charge in [-0.25, -0.2) is 4.79 Å². The molecule has 1 heterocycles. The van der Waals surface area contributed by atoms with Crippen LogP contribution in [0.5, 0.6) is 11.5 Å². The van der Waals surface area contributed by atoms with Gasteiger partial charge in [0.1, 0.15) is 11.5 Å². The number of para-hydroxylation sites is 1. The Hall–Kier alpha value is -4.45. The van der Waals surface area contributed by atoms with Crippen LogP contribution in [0, 0.1) is 0 Å². The highest BCUT2D eigenvalue weighted by molar-refractivity contribution is 5.97. The Morgan fingerprint density at radius 1 is 0.750 bits per heavy atom. The maximum Gasteiger partial charge on any atom is 0.336 e. The van der Waals surface area contributed by atoms with Gasteiger partial charge in [-0.1, -0.05) is 42.5 Å². The smallest absolute Gasteiger partial charge is 0.336 e. The molecule has 4 aromatic rings. The second kappa shape index (κ2) is 11.7. The Labute approximate surface area is 236 Å². The van der Waals surface area contributed by atoms with Gasteiger partial charge < -0.3 is 25.0 Å². The Morgan fingerprint density at radius 3 is 2.05 bits per heavy atom. The molecule has 1 unspecified atom stereocenters. The number of rotatable bonds is 10. The number of carboxylic acids is 1. The largest absolute Gasteiger partial charge is 0.478 e. The Morgan fingerprint density at radius 2 is 1.38 bits per heavy atom. The summed E-state index contributed by atoms with van der Waals surface area (Å²) in [4.78, 5) is 16.9. The number of anilines is 3. The number of aromatic carboxylic acids is 1. The van der Waals surface area contributed by atoms with Crippen LogP contribution in [0.2, 0.25) is 0 Å². The molecule has 6 heteroatoms. The number of nitrogens with one attached hydrogen (secondary N) is 1. The highest BCUT2D eigenvalue weighted by atomic mass is 16.5. The molecule has 5 rings (SSSR count). The Bertz CT molecular complexity index is 1490. The Balaban J connectivity index is 1.78. The number of carbonyl (C=O) groups is 1. The highest BCUT2D eigenvalue weighted by Crippen LogP contribution is 2.51. The van der Waals surface area contributed by atoms with E-state index in [2.05, 4.69) is 73.1 Å². The lowest BCUT2D eigenvalue weighted by molar-refractivity contribution is 0.0697. The van der Waals surface area contributed by atoms with Crippen molar-refractivity contribution in [3.63, 3.8) is 0 Å². The van der Waals surface area contributed by atoms with E-state index in [1.807, 2.05) is 42.5 Å². The molecule has 2 N–H and O–H groups in total. The molecule has 0 fully saturated rings. The zero-order chi connectivity index (χ0) is 28.2. The SMILES string of the molecule is CCN(CC)c1ccc2c(c1)Oc1cc(N(CC)CC)cc(-c3ccccc3C(=O)O)c1C2Nc1ccccc1. The van der Waals surface area contributed by atoms with Crippen LogP contribution in [0.25, 0.3) is 11.1 Å². The van der Waals surface area contributed by atoms with Crippen molar-refractivity contribution in [3.05, 3.63) is 102 Å². The standard InChI is InChI=1S/C34H37N3O3/c1-5-36(6-2)24-18-19-28-30(21-24)40-31-22-25(37(7-3)8-4)20-29(26-16-12-13-17-27(26)34(38)39)32(31)33(28)35-23-14-10-9-11-15-23/h9-22,33,35H,5-8H2,1-4H3,(H,38,39). The number of fused-ring (bicyclic) bond motifs is 2. The topological polar surface area (TPSA) is 65.0 Å². The van der Waals surface area contributed by atoms with E-state index in [4.69, 9.17) is 4.74 Å². The maximum absolute atomic E-state index is 12.4. The predicted molar refractivity (Wildman–Crippen MR) is 164 cm³/mol. The molecule has 206 valence electrons. The molecular formula is C34H37N3O3. The number of benzene rings is 4. The third-order valence-electron chi connectivity index (χ3n) is 7.73. The minimum atomic E-state index is -0.953. The van der Waals surface area contributed by atoms with Gasteiger partial charge in [0.25, 0.3) is 0 Å². The van der Waals surface area contributed by atoms with Crippen LogP contribution in [0.4, 0.5) is 17.1 Å². The van der Waals surface area contributed by atoms with E-state index in [0.29, 0.717) is 5.56 Å². The molecule has 6 nitrogen and oxygen atoms in total. The number of hydrogen-bond acceptors (Lipinski definition) is 5. The van der Waals surface area contributed by atoms with Crippen LogP contribution in [0.1, 0.15) is 55.2 Å². The van der Waals surface area contributed by atoms with Gasteiger partial charge in [-0.3, -0.25) is 0 Å². The third-order valence-corrected chi connectivity index (χ3v) is 7.73. The lowest BCUT2D eigenvalue weighted by Gasteiger charge is -2.34. The second-order valence-corrected chi connectivity index (χ2v) is 9.87. The van der Waals surface area contributed by atoms with Crippen molar-refractivity contribution in [2.75, 3.05) is 41.3 Å². The molecule has 1 atom stereocenters. The number of nitrogens with zero attached hydrogens (tertiary/aromatic N) is 2. The quantitative estimate of drug-likeness (QED) is 0.214. The summed E-state index contributed by atoms with van der Waals surface area (Å²) >= 11 is 0. The normalized spacial score (nSPS) is 13.6. The summed E-state index contributed by atoms with van der Waals surface area (Å²) in [5, 5.41) is 13.9. The molecule has 1 aliphatic heterocycles. The van der Waals surface area contributed by atoms with Crippen LogP contribution in [0.15, 0.2) is 84.9 Å². The lowest BCUT2D eigenvalue weighted by Crippen LogP contribution is -2.24. The summed E-state index contributed by atoms with van der Waals surface area (Å²) in [6, 6.07) is 27.7. The first-order chi connectivity index (χ1) is 19.5. The fourth-order valence-corrected chi connectivity index (χ4v) is 5.65. The molecule has 0 saturated carbocycles. The lowest BCUT2D eigenvalue weighted by atomic mass is 9.85. The molecule has 0 amide bonds. The van der Waals surface area contributed by atoms with Crippen LogP contribution in [0.3, 0.4) is 0 Å². The summed E-state index contributed by atoms with van der Waals surface area (Å²) in [5.74, 6) is 0.586. The number of ether oxygens (including phenoxy) is 1. The van der Waals surface area contributed by atoms with E-state index >= 15 is 0 Å². The summed E-state index contributed by atoms with van der Waals surface area (Å²) in [5.41, 5.74) is 6.82. The third kappa shape index (κ3) is 5.09. The van der Waals surface area contributed by atoms with Gasteiger partial charge >= 0.3 is 5.97 Å². The van der Waals surface area contributed by atoms with E-state index in [9.17, 15) is 9.90 Å². The van der Waals surface area contributed by atoms with Crippen LogP contribution in [-0.4, -0.2) is 37.3 Å². The van der Waals surface area contributed by atoms with Crippen LogP contribution >= 0.6 is 0 Å². The first-order valence-corrected chi connectivity index (χ1v) is 14.1. The van der Waals surface area contributed by atoms with Gasteiger partial charge in [0.15, 0.2) is 0 Å². The van der Waals surface area contributed by atoms with E-state index in [1.54, 1.807) is 12.1 Å². The summed E-state index contributed by atoms with van der Waals surface area (Å²) < 4.78 is 6.73. The summed E-state index contributed by atoms with van der Waals surface area (Å²) in [6.45, 7) is 12.0. The molecule has 0 radical (unpaired) electrons. The van der Waals surface area contributed by atoms with Crippen molar-refractivity contribution < 1.29 is 14.6 Å². The van der Waals surface area contributed by atoms with Crippen molar-refractivity contribution in [2.45, 2.75) is 33.7 Å². The maximum atomic E-state index is 12.4. The predicted octanol–water partition coefficient (Wildman–Crippen LogP) is 8.05. The summed E-state index contributed by atoms with van der Waals surface area (Å²) in [7, 11) is 0. The molecule has 0 aliphatic carbocycles. The van der Waals surface area contributed by atoms with Crippen molar-refractivity contribution in [2.24, 2.45) is 0 Å². The fourth-order valence-electron chi connectivity index (χ4n) is 5.65. The van der Waals surface area contributed by atoms with E-state index in [1.165, 1.54) is 0 Å². The molecule has 0 aromatic heterocycles. The van der Waals surface area contributed by atoms with Gasteiger partial charge in [0.2, 0.25) is 0 Å². The van der Waals surface area contributed by atoms with Gasteiger partial charge in [-0.05, 0) is 69.2 Å². The van der Waals surface area contributed by atoms with Crippen molar-refractivity contribution >= 4 is 23.0 Å². The van der Waals surface area contributed by atoms with Crippen LogP contribution in [-0.2, 0) is 0 Å². The van der Waals surface area contributed by atoms with E-state index in [0.717, 1.165) is 71.4 Å². The van der Waals surface area contributed by atoms with E-state index < -0.39 is 5.97 Å². The average molecular weight is 536 g/mol. The fraction of sp³-hybridized carbons (Fsp3) is 0.265. The van der Waals surface area contributed by atoms with Crippen molar-refractivity contribution in [1.29, 1.82) is 0 Å². The first-order valence-electron chi connectivity index (χ1n) is 14.1. The molecule has 1 aliphatic rings. The molecular weight excluding hydrogens is 498 g/mol. The zero-order valence-corrected chi connectivity index (χ0v) is 23.6. The molecule has 0 spiro atoms. The number of hydrogen-bond donors (Lipinski definition) is 2. The van der Waals surface area contributed by atoms with Gasteiger partial charge in [0, 0.05) is 66.5 Å². The Kier molecular flexibility index (Phi) is 7.96. The molecule has 4 aromatic carbocycles. The van der Waals surface area contributed by atoms with Crippen LogP contribution < -0.4 is 19.9 Å². The van der Waals surface area contributed by atoms with Gasteiger partial charge in [-0.15, -0.1) is 0 Å². The van der Waals surface area contributed by atoms with Crippen molar-refractivity contribution in [3.8, 4) is 22.6 Å². The number of carboxylic acid groups (broad SMARTS) is 1. The average Bonchev–Trinajstić information content (AvgIpc) is 2.98. The molecule has 0 bridgehead atoms. The first kappa shape index (κ1) is 27.1.